The highest BCUT2D eigenvalue weighted by atomic mass is 31.2. The molecule has 0 heterocycles. The molecular formula is C64H107O11P. The van der Waals surface area contributed by atoms with E-state index >= 15 is 0 Å². The third kappa shape index (κ3) is 54.9. The van der Waals surface area contributed by atoms with Crippen LogP contribution in [0.2, 0.25) is 0 Å². The molecule has 0 fully saturated rings. The molecule has 12 heteroatoms. The van der Waals surface area contributed by atoms with Gasteiger partial charge in [-0.15, -0.1) is 0 Å². The highest BCUT2D eigenvalue weighted by Gasteiger charge is 2.28. The van der Waals surface area contributed by atoms with Crippen LogP contribution in [0.5, 0.6) is 0 Å². The number of aliphatic hydroxyl groups excluding tert-OH is 1. The van der Waals surface area contributed by atoms with E-state index in [4.69, 9.17) is 23.3 Å². The number of carbonyl (C=O) groups is 3. The van der Waals surface area contributed by atoms with E-state index in [-0.39, 0.29) is 25.9 Å². The normalized spacial score (nSPS) is 14.1. The van der Waals surface area contributed by atoms with E-state index in [0.29, 0.717) is 19.3 Å². The van der Waals surface area contributed by atoms with Gasteiger partial charge in [-0.1, -0.05) is 207 Å². The maximum atomic E-state index is 12.9. The van der Waals surface area contributed by atoms with E-state index in [1.165, 1.54) is 25.7 Å². The second-order valence-electron chi connectivity index (χ2n) is 19.4. The first-order chi connectivity index (χ1) is 37.2. The van der Waals surface area contributed by atoms with Crippen LogP contribution in [0.4, 0.5) is 0 Å². The topological polar surface area (TPSA) is 155 Å². The van der Waals surface area contributed by atoms with Crippen molar-refractivity contribution in [2.24, 2.45) is 0 Å². The Hall–Kier alpha value is -3.86. The van der Waals surface area contributed by atoms with Gasteiger partial charge in [0.1, 0.15) is 12.7 Å². The standard InChI is InChI=1S/C64H107O11P/c1-4-7-10-13-16-19-22-25-27-29-30-32-33-36-38-41-44-47-50-53-62(66)71-57-61(75-64(68)55-52-49-46-43-40-37-34-31-28-26-23-20-17-14-11-8-5-2)59-73-76(69,70)72-58-60(56-65)74-63(67)54-51-48-45-42-39-35-24-21-18-15-12-9-6-3/h7-8,10-11,16-17,19-21,24-28,30,32,34,37,60-61,65H,4-6,9,12-15,18,22-23,29,31,33,35-36,38-59H2,1-3H3,(H,69,70)/b10-7-,11-8-,19-16-,20-17-,24-21-,27-25-,28-26-,32-30-,37-34-. The number of phosphoric acid groups is 1. The number of rotatable bonds is 54. The number of hydrogen-bond acceptors (Lipinski definition) is 10. The van der Waals surface area contributed by atoms with Gasteiger partial charge < -0.3 is 24.2 Å². The number of aliphatic hydroxyl groups is 1. The lowest BCUT2D eigenvalue weighted by Gasteiger charge is -2.21. The Kier molecular flexibility index (Phi) is 54.4. The molecule has 0 aromatic carbocycles. The first kappa shape index (κ1) is 72.1. The molecule has 2 N–H and O–H groups in total. The third-order valence-corrected chi connectivity index (χ3v) is 13.1. The van der Waals surface area contributed by atoms with Crippen LogP contribution in [-0.2, 0) is 42.2 Å². The molecule has 0 spiro atoms. The fourth-order valence-corrected chi connectivity index (χ4v) is 8.47. The molecule has 0 saturated heterocycles. The second kappa shape index (κ2) is 57.3. The Labute approximate surface area is 463 Å². The highest BCUT2D eigenvalue weighted by Crippen LogP contribution is 2.43. The monoisotopic (exact) mass is 1080 g/mol. The lowest BCUT2D eigenvalue weighted by molar-refractivity contribution is -0.161. The zero-order chi connectivity index (χ0) is 55.5. The number of ether oxygens (including phenoxy) is 3. The maximum absolute atomic E-state index is 12.9. The van der Waals surface area contributed by atoms with Crippen LogP contribution in [0, 0.1) is 0 Å². The van der Waals surface area contributed by atoms with Crippen molar-refractivity contribution in [1.82, 2.24) is 0 Å². The van der Waals surface area contributed by atoms with Crippen molar-refractivity contribution in [2.45, 2.75) is 251 Å². The number of esters is 3. The molecule has 0 aliphatic heterocycles. The molecule has 0 aromatic heterocycles. The zero-order valence-corrected chi connectivity index (χ0v) is 48.8. The molecule has 76 heavy (non-hydrogen) atoms. The smallest absolute Gasteiger partial charge is 0.462 e. The predicted octanol–water partition coefficient (Wildman–Crippen LogP) is 17.8. The van der Waals surface area contributed by atoms with E-state index in [0.717, 1.165) is 154 Å². The number of phosphoric ester groups is 1. The molecule has 0 rings (SSSR count). The molecule has 0 aromatic rings. The molecule has 0 aliphatic rings. The Morgan fingerprint density at radius 1 is 0.382 bits per heavy atom. The third-order valence-electron chi connectivity index (χ3n) is 12.2. The van der Waals surface area contributed by atoms with Gasteiger partial charge in [0.05, 0.1) is 19.8 Å². The molecular weight excluding hydrogens is 976 g/mol. The Morgan fingerprint density at radius 3 is 1.07 bits per heavy atom. The van der Waals surface area contributed by atoms with E-state index < -0.39 is 57.8 Å². The van der Waals surface area contributed by atoms with Crippen molar-refractivity contribution in [3.8, 4) is 0 Å². The van der Waals surface area contributed by atoms with Gasteiger partial charge in [0.15, 0.2) is 6.10 Å². The van der Waals surface area contributed by atoms with Crippen molar-refractivity contribution in [2.75, 3.05) is 26.4 Å². The van der Waals surface area contributed by atoms with Gasteiger partial charge in [0.2, 0.25) is 0 Å². The number of unbranched alkanes of at least 4 members (excludes halogenated alkanes) is 19. The Morgan fingerprint density at radius 2 is 0.684 bits per heavy atom. The number of carbonyl (C=O) groups excluding carboxylic acids is 3. The largest absolute Gasteiger partial charge is 0.472 e. The van der Waals surface area contributed by atoms with E-state index in [9.17, 15) is 28.9 Å². The molecule has 434 valence electrons. The van der Waals surface area contributed by atoms with Crippen LogP contribution in [0.3, 0.4) is 0 Å². The van der Waals surface area contributed by atoms with Crippen LogP contribution in [0.25, 0.3) is 0 Å². The summed E-state index contributed by atoms with van der Waals surface area (Å²) in [6.45, 7) is 4.35. The minimum Gasteiger partial charge on any atom is -0.462 e. The minimum atomic E-state index is -4.77. The SMILES string of the molecule is CC/C=C\C/C=C\C/C=C\C/C=C\CCCCCCCCC(=O)OCC(COP(=O)(O)OCC(CO)OC(=O)CCCCCCC/C=C\CCCCCC)OC(=O)CCCCCC/C=C\C/C=C\C/C=C\C/C=C\CC. The molecule has 0 bridgehead atoms. The van der Waals surface area contributed by atoms with Crippen LogP contribution in [-0.4, -0.2) is 66.5 Å². The fourth-order valence-electron chi connectivity index (χ4n) is 7.69. The van der Waals surface area contributed by atoms with Crippen molar-refractivity contribution >= 4 is 25.7 Å². The van der Waals surface area contributed by atoms with Gasteiger partial charge >= 0.3 is 25.7 Å². The molecule has 3 unspecified atom stereocenters. The van der Waals surface area contributed by atoms with Crippen LogP contribution in [0.15, 0.2) is 109 Å². The van der Waals surface area contributed by atoms with Crippen molar-refractivity contribution in [3.05, 3.63) is 109 Å². The van der Waals surface area contributed by atoms with Crippen molar-refractivity contribution in [3.63, 3.8) is 0 Å². The van der Waals surface area contributed by atoms with Gasteiger partial charge in [0.25, 0.3) is 0 Å². The Bertz CT molecular complexity index is 1690. The number of hydrogen-bond donors (Lipinski definition) is 2. The summed E-state index contributed by atoms with van der Waals surface area (Å²) in [4.78, 5) is 48.6. The summed E-state index contributed by atoms with van der Waals surface area (Å²) in [5, 5.41) is 9.82. The lowest BCUT2D eigenvalue weighted by atomic mass is 10.1. The fraction of sp³-hybridized carbons (Fsp3) is 0.672. The summed E-state index contributed by atoms with van der Waals surface area (Å²) in [6, 6.07) is 0. The molecule has 0 aliphatic carbocycles. The minimum absolute atomic E-state index is 0.131. The van der Waals surface area contributed by atoms with E-state index in [1.54, 1.807) is 0 Å². The number of allylic oxidation sites excluding steroid dienone is 18. The van der Waals surface area contributed by atoms with E-state index in [1.807, 2.05) is 0 Å². The first-order valence-corrected chi connectivity index (χ1v) is 31.3. The molecule has 0 radical (unpaired) electrons. The van der Waals surface area contributed by atoms with Crippen LogP contribution >= 0.6 is 7.82 Å². The van der Waals surface area contributed by atoms with Gasteiger partial charge in [0, 0.05) is 19.3 Å². The molecule has 0 amide bonds. The molecule has 0 saturated carbocycles. The summed E-state index contributed by atoms with van der Waals surface area (Å²) in [6.07, 6.45) is 69.0. The van der Waals surface area contributed by atoms with Crippen LogP contribution in [0.1, 0.15) is 239 Å². The first-order valence-electron chi connectivity index (χ1n) is 29.8. The van der Waals surface area contributed by atoms with Crippen molar-refractivity contribution in [1.29, 1.82) is 0 Å². The second-order valence-corrected chi connectivity index (χ2v) is 20.8. The summed E-state index contributed by atoms with van der Waals surface area (Å²) in [5.41, 5.74) is 0. The summed E-state index contributed by atoms with van der Waals surface area (Å²) in [5.74, 6) is -1.52. The summed E-state index contributed by atoms with van der Waals surface area (Å²) >= 11 is 0. The average molecular weight is 1080 g/mol. The van der Waals surface area contributed by atoms with Gasteiger partial charge in [-0.05, 0) is 122 Å². The quantitative estimate of drug-likeness (QED) is 0.0197. The average Bonchev–Trinajstić information content (AvgIpc) is 3.41. The van der Waals surface area contributed by atoms with Gasteiger partial charge in [-0.25, -0.2) is 4.57 Å². The predicted molar refractivity (Wildman–Crippen MR) is 316 cm³/mol. The van der Waals surface area contributed by atoms with Gasteiger partial charge in [-0.3, -0.25) is 23.4 Å². The maximum Gasteiger partial charge on any atom is 0.472 e. The molecule has 11 nitrogen and oxygen atoms in total. The molecule has 3 atom stereocenters. The van der Waals surface area contributed by atoms with E-state index in [2.05, 4.69) is 130 Å². The lowest BCUT2D eigenvalue weighted by Crippen LogP contribution is -2.30. The Balaban J connectivity index is 4.81. The summed E-state index contributed by atoms with van der Waals surface area (Å²) in [7, 11) is -4.77. The zero-order valence-electron chi connectivity index (χ0n) is 47.9. The van der Waals surface area contributed by atoms with Crippen molar-refractivity contribution < 1.29 is 52.2 Å². The summed E-state index contributed by atoms with van der Waals surface area (Å²) < 4.78 is 39.5. The van der Waals surface area contributed by atoms with Gasteiger partial charge in [-0.2, -0.15) is 0 Å². The highest BCUT2D eigenvalue weighted by molar-refractivity contribution is 7.47. The van der Waals surface area contributed by atoms with Crippen LogP contribution < -0.4 is 0 Å².